The van der Waals surface area contributed by atoms with E-state index in [1.54, 1.807) is 6.08 Å². The van der Waals surface area contributed by atoms with E-state index in [0.29, 0.717) is 23.9 Å². The predicted molar refractivity (Wildman–Crippen MR) is 48.3 cm³/mol. The highest BCUT2D eigenvalue weighted by atomic mass is 16.6. The molecule has 0 spiro atoms. The van der Waals surface area contributed by atoms with E-state index >= 15 is 0 Å². The van der Waals surface area contributed by atoms with Crippen LogP contribution in [0.1, 0.15) is 26.2 Å². The zero-order valence-corrected chi connectivity index (χ0v) is 7.82. The van der Waals surface area contributed by atoms with Crippen molar-refractivity contribution >= 4 is 5.78 Å². The number of carbonyl (C=O) groups excluding carboxylic acids is 1. The average Bonchev–Trinajstić information content (AvgIpc) is 2.78. The third-order valence-corrected chi connectivity index (χ3v) is 3.88. The lowest BCUT2D eigenvalue weighted by Crippen LogP contribution is -2.36. The second-order valence-corrected chi connectivity index (χ2v) is 4.86. The number of carbonyl (C=O) groups is 1. The zero-order chi connectivity index (χ0) is 9.05. The monoisotopic (exact) mass is 178 g/mol. The molecule has 70 valence electrons. The first-order chi connectivity index (χ1) is 6.17. The van der Waals surface area contributed by atoms with Gasteiger partial charge >= 0.3 is 0 Å². The maximum Gasteiger partial charge on any atom is 0.155 e. The fourth-order valence-electron chi connectivity index (χ4n) is 2.83. The van der Waals surface area contributed by atoms with Gasteiger partial charge in [0.2, 0.25) is 0 Å². The van der Waals surface area contributed by atoms with Crippen LogP contribution in [-0.4, -0.2) is 18.0 Å². The summed E-state index contributed by atoms with van der Waals surface area (Å²) in [7, 11) is 0. The summed E-state index contributed by atoms with van der Waals surface area (Å²) in [6.45, 7) is 2.26. The van der Waals surface area contributed by atoms with Crippen molar-refractivity contribution in [3.8, 4) is 0 Å². The topological polar surface area (TPSA) is 29.6 Å². The molecule has 13 heavy (non-hydrogen) atoms. The van der Waals surface area contributed by atoms with Gasteiger partial charge in [-0.1, -0.05) is 13.0 Å². The number of hydrogen-bond donors (Lipinski definition) is 0. The summed E-state index contributed by atoms with van der Waals surface area (Å²) in [5.41, 5.74) is 0.242. The van der Waals surface area contributed by atoms with Crippen molar-refractivity contribution in [1.29, 1.82) is 0 Å². The summed E-state index contributed by atoms with van der Waals surface area (Å²) in [5, 5.41) is 0. The molecule has 2 heteroatoms. The molecule has 1 saturated heterocycles. The molecule has 0 amide bonds. The Labute approximate surface area is 78.0 Å². The summed E-state index contributed by atoms with van der Waals surface area (Å²) in [6, 6.07) is 0. The molecule has 1 saturated carbocycles. The van der Waals surface area contributed by atoms with Gasteiger partial charge in [0.25, 0.3) is 0 Å². The highest BCUT2D eigenvalue weighted by molar-refractivity contribution is 5.91. The van der Waals surface area contributed by atoms with E-state index in [9.17, 15) is 4.79 Å². The van der Waals surface area contributed by atoms with Gasteiger partial charge in [-0.15, -0.1) is 0 Å². The molecule has 2 nitrogen and oxygen atoms in total. The standard InChI is InChI=1S/C11H14O2/c1-11-3-2-8(12)4-7(11)5-9-10(6-11)13-9/h2-3,7,9-10H,4-6H2,1H3. The summed E-state index contributed by atoms with van der Waals surface area (Å²) in [6.07, 6.45) is 7.81. The van der Waals surface area contributed by atoms with Crippen molar-refractivity contribution in [3.63, 3.8) is 0 Å². The molecule has 2 aliphatic carbocycles. The number of ether oxygens (including phenoxy) is 1. The van der Waals surface area contributed by atoms with E-state index in [4.69, 9.17) is 4.74 Å². The van der Waals surface area contributed by atoms with Gasteiger partial charge in [-0.2, -0.15) is 0 Å². The molecule has 0 bridgehead atoms. The summed E-state index contributed by atoms with van der Waals surface area (Å²) >= 11 is 0. The molecule has 3 rings (SSSR count). The second-order valence-electron chi connectivity index (χ2n) is 4.86. The van der Waals surface area contributed by atoms with Gasteiger partial charge in [-0.25, -0.2) is 0 Å². The van der Waals surface area contributed by atoms with Crippen LogP contribution in [-0.2, 0) is 9.53 Å². The molecule has 0 aromatic rings. The fourth-order valence-corrected chi connectivity index (χ4v) is 2.83. The van der Waals surface area contributed by atoms with Gasteiger partial charge in [0, 0.05) is 6.42 Å². The van der Waals surface area contributed by atoms with Crippen molar-refractivity contribution in [2.75, 3.05) is 0 Å². The smallest absolute Gasteiger partial charge is 0.155 e. The summed E-state index contributed by atoms with van der Waals surface area (Å²) < 4.78 is 5.52. The van der Waals surface area contributed by atoms with Crippen LogP contribution in [0.3, 0.4) is 0 Å². The highest BCUT2D eigenvalue weighted by Gasteiger charge is 2.53. The van der Waals surface area contributed by atoms with E-state index < -0.39 is 0 Å². The van der Waals surface area contributed by atoms with Gasteiger partial charge < -0.3 is 4.74 Å². The van der Waals surface area contributed by atoms with Crippen LogP contribution in [0, 0.1) is 11.3 Å². The Kier molecular flexibility index (Phi) is 1.33. The molecule has 0 aromatic carbocycles. The van der Waals surface area contributed by atoms with Gasteiger partial charge in [-0.3, -0.25) is 4.79 Å². The Morgan fingerprint density at radius 1 is 1.54 bits per heavy atom. The third-order valence-electron chi connectivity index (χ3n) is 3.88. The maximum absolute atomic E-state index is 11.3. The summed E-state index contributed by atoms with van der Waals surface area (Å²) in [5.74, 6) is 0.829. The average molecular weight is 178 g/mol. The van der Waals surface area contributed by atoms with Crippen LogP contribution in [0.4, 0.5) is 0 Å². The zero-order valence-electron chi connectivity index (χ0n) is 7.82. The minimum absolute atomic E-state index is 0.242. The molecule has 0 N–H and O–H groups in total. The lowest BCUT2D eigenvalue weighted by Gasteiger charge is -2.39. The number of epoxide rings is 1. The van der Waals surface area contributed by atoms with E-state index in [2.05, 4.69) is 13.0 Å². The first kappa shape index (κ1) is 7.74. The van der Waals surface area contributed by atoms with Crippen LogP contribution in [0.25, 0.3) is 0 Å². The van der Waals surface area contributed by atoms with E-state index in [0.717, 1.165) is 19.3 Å². The number of allylic oxidation sites excluding steroid dienone is 2. The molecular formula is C11H14O2. The Hall–Kier alpha value is -0.630. The quantitative estimate of drug-likeness (QED) is 0.528. The molecule has 1 heterocycles. The number of fused-ring (bicyclic) bond motifs is 2. The number of hydrogen-bond acceptors (Lipinski definition) is 2. The van der Waals surface area contributed by atoms with Crippen molar-refractivity contribution in [2.24, 2.45) is 11.3 Å². The SMILES string of the molecule is CC12C=CC(=O)CC1CC1OC1C2. The lowest BCUT2D eigenvalue weighted by molar-refractivity contribution is -0.117. The van der Waals surface area contributed by atoms with E-state index in [1.165, 1.54) is 0 Å². The minimum atomic E-state index is 0.242. The van der Waals surface area contributed by atoms with Gasteiger partial charge in [0.1, 0.15) is 0 Å². The molecular weight excluding hydrogens is 164 g/mol. The second kappa shape index (κ2) is 2.24. The molecule has 0 aromatic heterocycles. The number of ketones is 1. The highest BCUT2D eigenvalue weighted by Crippen LogP contribution is 2.52. The van der Waals surface area contributed by atoms with Gasteiger partial charge in [0.15, 0.2) is 5.78 Å². The maximum atomic E-state index is 11.3. The third kappa shape index (κ3) is 1.08. The molecule has 4 atom stereocenters. The predicted octanol–water partition coefficient (Wildman–Crippen LogP) is 1.70. The van der Waals surface area contributed by atoms with Crippen molar-refractivity contribution in [3.05, 3.63) is 12.2 Å². The fraction of sp³-hybridized carbons (Fsp3) is 0.727. The van der Waals surface area contributed by atoms with Crippen molar-refractivity contribution < 1.29 is 9.53 Å². The van der Waals surface area contributed by atoms with Crippen LogP contribution < -0.4 is 0 Å². The number of rotatable bonds is 0. The van der Waals surface area contributed by atoms with Crippen molar-refractivity contribution in [2.45, 2.75) is 38.4 Å². The molecule has 4 unspecified atom stereocenters. The van der Waals surface area contributed by atoms with Gasteiger partial charge in [0.05, 0.1) is 12.2 Å². The molecule has 3 aliphatic rings. The Balaban J connectivity index is 1.92. The molecule has 1 aliphatic heterocycles. The summed E-state index contributed by atoms with van der Waals surface area (Å²) in [4.78, 5) is 11.3. The Morgan fingerprint density at radius 3 is 3.23 bits per heavy atom. The van der Waals surface area contributed by atoms with E-state index in [-0.39, 0.29) is 5.41 Å². The Morgan fingerprint density at radius 2 is 2.38 bits per heavy atom. The minimum Gasteiger partial charge on any atom is -0.370 e. The lowest BCUT2D eigenvalue weighted by atomic mass is 9.63. The molecule has 2 fully saturated rings. The van der Waals surface area contributed by atoms with E-state index in [1.807, 2.05) is 0 Å². The largest absolute Gasteiger partial charge is 0.370 e. The molecule has 0 radical (unpaired) electrons. The normalized spacial score (nSPS) is 52.7. The van der Waals surface area contributed by atoms with Crippen LogP contribution in [0.15, 0.2) is 12.2 Å². The Bertz CT molecular complexity index is 294. The van der Waals surface area contributed by atoms with Crippen LogP contribution in [0.5, 0.6) is 0 Å². The van der Waals surface area contributed by atoms with Crippen LogP contribution >= 0.6 is 0 Å². The van der Waals surface area contributed by atoms with Crippen LogP contribution in [0.2, 0.25) is 0 Å². The van der Waals surface area contributed by atoms with Gasteiger partial charge in [-0.05, 0) is 30.3 Å². The first-order valence-electron chi connectivity index (χ1n) is 5.05. The first-order valence-corrected chi connectivity index (χ1v) is 5.05. The van der Waals surface area contributed by atoms with Crippen molar-refractivity contribution in [1.82, 2.24) is 0 Å².